The first kappa shape index (κ1) is 20.1. The van der Waals surface area contributed by atoms with Crippen LogP contribution in [0.5, 0.6) is 5.75 Å². The number of carbonyl (C=O) groups is 1. The quantitative estimate of drug-likeness (QED) is 0.405. The Balaban J connectivity index is 1.70. The number of hydrogen-bond acceptors (Lipinski definition) is 4. The van der Waals surface area contributed by atoms with Crippen LogP contribution in [0.1, 0.15) is 22.3 Å². The van der Waals surface area contributed by atoms with Crippen LogP contribution in [0.25, 0.3) is 10.2 Å². The number of nitrogens with zero attached hydrogens (tertiary/aromatic N) is 2. The number of hydrogen-bond donors (Lipinski definition) is 0. The first-order valence-electron chi connectivity index (χ1n) is 9.88. The zero-order chi connectivity index (χ0) is 21.1. The Morgan fingerprint density at radius 1 is 1.03 bits per heavy atom. The van der Waals surface area contributed by atoms with Crippen molar-refractivity contribution < 1.29 is 9.53 Å². The maximum atomic E-state index is 13.4. The Bertz CT molecular complexity index is 1180. The number of anilines is 1. The van der Waals surface area contributed by atoms with Crippen LogP contribution in [0.15, 0.2) is 66.7 Å². The summed E-state index contributed by atoms with van der Waals surface area (Å²) < 4.78 is 6.35. The molecule has 4 nitrogen and oxygen atoms in total. The summed E-state index contributed by atoms with van der Waals surface area (Å²) in [4.78, 5) is 20.0. The Labute approximate surface area is 180 Å². The maximum Gasteiger partial charge on any atom is 0.233 e. The second kappa shape index (κ2) is 8.67. The molecule has 30 heavy (non-hydrogen) atoms. The third-order valence-electron chi connectivity index (χ3n) is 5.15. The van der Waals surface area contributed by atoms with E-state index in [0.717, 1.165) is 38.2 Å². The number of ether oxygens (including phenoxy) is 1. The molecule has 3 aromatic carbocycles. The van der Waals surface area contributed by atoms with Crippen LogP contribution in [0, 0.1) is 13.8 Å². The van der Waals surface area contributed by atoms with Crippen molar-refractivity contribution in [2.75, 3.05) is 12.0 Å². The van der Waals surface area contributed by atoms with Gasteiger partial charge in [0, 0.05) is 6.07 Å². The fourth-order valence-corrected chi connectivity index (χ4v) is 4.38. The van der Waals surface area contributed by atoms with Gasteiger partial charge in [0.05, 0.1) is 30.3 Å². The molecule has 4 rings (SSSR count). The van der Waals surface area contributed by atoms with Gasteiger partial charge in [0.25, 0.3) is 0 Å². The van der Waals surface area contributed by atoms with Crippen molar-refractivity contribution in [2.24, 2.45) is 0 Å². The summed E-state index contributed by atoms with van der Waals surface area (Å²) >= 11 is 1.53. The van der Waals surface area contributed by atoms with Crippen LogP contribution in [-0.4, -0.2) is 18.0 Å². The highest BCUT2D eigenvalue weighted by molar-refractivity contribution is 7.22. The molecule has 0 saturated heterocycles. The predicted molar refractivity (Wildman–Crippen MR) is 123 cm³/mol. The molecule has 0 atom stereocenters. The van der Waals surface area contributed by atoms with E-state index in [1.165, 1.54) is 11.3 Å². The van der Waals surface area contributed by atoms with Gasteiger partial charge in [-0.15, -0.1) is 0 Å². The van der Waals surface area contributed by atoms with Gasteiger partial charge in [-0.2, -0.15) is 0 Å². The topological polar surface area (TPSA) is 42.4 Å². The van der Waals surface area contributed by atoms with E-state index in [-0.39, 0.29) is 5.91 Å². The molecule has 1 amide bonds. The molecule has 1 heterocycles. The van der Waals surface area contributed by atoms with Crippen molar-refractivity contribution in [3.63, 3.8) is 0 Å². The normalized spacial score (nSPS) is 10.9. The van der Waals surface area contributed by atoms with E-state index in [9.17, 15) is 4.79 Å². The minimum absolute atomic E-state index is 0.0403. The minimum atomic E-state index is 0.0403. The summed E-state index contributed by atoms with van der Waals surface area (Å²) in [5, 5.41) is 0.706. The molecule has 0 bridgehead atoms. The van der Waals surface area contributed by atoms with E-state index < -0.39 is 0 Å². The largest absolute Gasteiger partial charge is 0.497 e. The first-order chi connectivity index (χ1) is 14.5. The van der Waals surface area contributed by atoms with Crippen LogP contribution >= 0.6 is 11.3 Å². The number of methoxy groups -OCH3 is 1. The average molecular weight is 417 g/mol. The molecule has 0 radical (unpaired) electrons. The van der Waals surface area contributed by atoms with Gasteiger partial charge >= 0.3 is 0 Å². The summed E-state index contributed by atoms with van der Waals surface area (Å²) in [6, 6.07) is 22.1. The van der Waals surface area contributed by atoms with Gasteiger partial charge in [0.15, 0.2) is 5.13 Å². The van der Waals surface area contributed by atoms with Gasteiger partial charge in [0.1, 0.15) is 5.75 Å². The van der Waals surface area contributed by atoms with Crippen molar-refractivity contribution in [3.05, 3.63) is 89.0 Å². The second-order valence-corrected chi connectivity index (χ2v) is 8.41. The number of fused-ring (bicyclic) bond motifs is 1. The maximum absolute atomic E-state index is 13.4. The Morgan fingerprint density at radius 3 is 2.60 bits per heavy atom. The molecular formula is C25H24N2O2S. The minimum Gasteiger partial charge on any atom is -0.497 e. The number of carbonyl (C=O) groups excluding carboxylic acids is 1. The third-order valence-corrected chi connectivity index (χ3v) is 6.20. The van der Waals surface area contributed by atoms with Crippen molar-refractivity contribution in [1.82, 2.24) is 4.98 Å². The van der Waals surface area contributed by atoms with E-state index in [4.69, 9.17) is 9.72 Å². The summed E-state index contributed by atoms with van der Waals surface area (Å²) in [5.74, 6) is 0.800. The highest BCUT2D eigenvalue weighted by Gasteiger charge is 2.21. The lowest BCUT2D eigenvalue weighted by molar-refractivity contribution is -0.118. The molecule has 0 aliphatic rings. The SMILES string of the molecule is COc1ccc2sc(N(Cc3ccccc3)C(=O)Cc3cc(C)ccc3C)nc2c1. The lowest BCUT2D eigenvalue weighted by atomic mass is 10.0. The highest BCUT2D eigenvalue weighted by Crippen LogP contribution is 2.32. The molecule has 0 fully saturated rings. The van der Waals surface area contributed by atoms with Crippen LogP contribution in [0.2, 0.25) is 0 Å². The second-order valence-electron chi connectivity index (χ2n) is 7.40. The van der Waals surface area contributed by atoms with Crippen molar-refractivity contribution in [1.29, 1.82) is 0 Å². The van der Waals surface area contributed by atoms with E-state index in [0.29, 0.717) is 18.1 Å². The van der Waals surface area contributed by atoms with Gasteiger partial charge in [-0.05, 0) is 42.7 Å². The fraction of sp³-hybridized carbons (Fsp3) is 0.200. The summed E-state index contributed by atoms with van der Waals surface area (Å²) in [7, 11) is 1.64. The molecular weight excluding hydrogens is 392 g/mol. The molecule has 152 valence electrons. The molecule has 4 aromatic rings. The van der Waals surface area contributed by atoms with Crippen molar-refractivity contribution in [2.45, 2.75) is 26.8 Å². The zero-order valence-electron chi connectivity index (χ0n) is 17.4. The molecule has 5 heteroatoms. The molecule has 0 unspecified atom stereocenters. The zero-order valence-corrected chi connectivity index (χ0v) is 18.2. The summed E-state index contributed by atoms with van der Waals surface area (Å²) in [6.07, 6.45) is 0.347. The monoisotopic (exact) mass is 416 g/mol. The third kappa shape index (κ3) is 4.36. The molecule has 0 aliphatic heterocycles. The molecule has 1 aromatic heterocycles. The average Bonchev–Trinajstić information content (AvgIpc) is 3.18. The first-order valence-corrected chi connectivity index (χ1v) is 10.7. The van der Waals surface area contributed by atoms with Gasteiger partial charge in [0.2, 0.25) is 5.91 Å². The molecule has 0 saturated carbocycles. The smallest absolute Gasteiger partial charge is 0.233 e. The molecule has 0 spiro atoms. The predicted octanol–water partition coefficient (Wildman–Crippen LogP) is 5.70. The Morgan fingerprint density at radius 2 is 1.83 bits per heavy atom. The summed E-state index contributed by atoms with van der Waals surface area (Å²) in [5.41, 5.74) is 5.25. The number of thiazole rings is 1. The summed E-state index contributed by atoms with van der Waals surface area (Å²) in [6.45, 7) is 4.59. The van der Waals surface area contributed by atoms with E-state index in [2.05, 4.69) is 25.1 Å². The molecule has 0 aliphatic carbocycles. The van der Waals surface area contributed by atoms with E-state index in [1.54, 1.807) is 12.0 Å². The lowest BCUT2D eigenvalue weighted by Crippen LogP contribution is -2.31. The molecule has 0 N–H and O–H groups in total. The van der Waals surface area contributed by atoms with Crippen LogP contribution in [-0.2, 0) is 17.8 Å². The van der Waals surface area contributed by atoms with Crippen molar-refractivity contribution >= 4 is 32.6 Å². The number of amides is 1. The number of rotatable bonds is 6. The van der Waals surface area contributed by atoms with E-state index >= 15 is 0 Å². The van der Waals surface area contributed by atoms with Crippen LogP contribution in [0.3, 0.4) is 0 Å². The highest BCUT2D eigenvalue weighted by atomic mass is 32.1. The van der Waals surface area contributed by atoms with Gasteiger partial charge < -0.3 is 4.74 Å². The van der Waals surface area contributed by atoms with Gasteiger partial charge in [-0.3, -0.25) is 9.69 Å². The standard InChI is InChI=1S/C25H24N2O2S/c1-17-9-10-18(2)20(13-17)14-24(28)27(16-19-7-5-4-6-8-19)25-26-22-15-21(29-3)11-12-23(22)30-25/h4-13,15H,14,16H2,1-3H3. The Kier molecular flexibility index (Phi) is 5.81. The number of benzene rings is 3. The van der Waals surface area contributed by atoms with Crippen LogP contribution < -0.4 is 9.64 Å². The fourth-order valence-electron chi connectivity index (χ4n) is 3.42. The van der Waals surface area contributed by atoms with Crippen molar-refractivity contribution in [3.8, 4) is 5.75 Å². The van der Waals surface area contributed by atoms with E-state index in [1.807, 2.05) is 55.5 Å². The van der Waals surface area contributed by atoms with Crippen LogP contribution in [0.4, 0.5) is 5.13 Å². The lowest BCUT2D eigenvalue weighted by Gasteiger charge is -2.21. The number of aryl methyl sites for hydroxylation is 2. The van der Waals surface area contributed by atoms with Gasteiger partial charge in [-0.25, -0.2) is 4.98 Å². The number of aromatic nitrogens is 1. The van der Waals surface area contributed by atoms with Gasteiger partial charge in [-0.1, -0.05) is 65.4 Å². The Hall–Kier alpha value is -3.18.